The summed E-state index contributed by atoms with van der Waals surface area (Å²) in [7, 11) is -3.54. The number of nitriles is 1. The van der Waals surface area contributed by atoms with Crippen LogP contribution in [0.25, 0.3) is 6.08 Å². The van der Waals surface area contributed by atoms with Gasteiger partial charge in [0, 0.05) is 0 Å². The van der Waals surface area contributed by atoms with E-state index in [1.807, 2.05) is 0 Å². The number of benzene rings is 1. The molecule has 0 aliphatic rings. The molecular weight excluding hydrogens is 444 g/mol. The maximum absolute atomic E-state index is 12.3. The number of carbonyl (C=O) groups is 2. The summed E-state index contributed by atoms with van der Waals surface area (Å²) in [5.41, 5.74) is 0.256. The molecule has 0 aliphatic carbocycles. The van der Waals surface area contributed by atoms with E-state index in [9.17, 15) is 23.3 Å². The molecule has 31 heavy (non-hydrogen) atoms. The molecule has 0 saturated heterocycles. The molecule has 3 aromatic rings. The van der Waals surface area contributed by atoms with E-state index in [1.165, 1.54) is 37.5 Å². The first-order valence-corrected chi connectivity index (χ1v) is 11.1. The third-order valence-corrected chi connectivity index (χ3v) is 6.78. The first kappa shape index (κ1) is 21.9. The normalized spacial score (nSPS) is 11.5. The Kier molecular flexibility index (Phi) is 6.58. The van der Waals surface area contributed by atoms with Crippen molar-refractivity contribution < 1.29 is 27.2 Å². The molecule has 0 atom stereocenters. The molecule has 12 heteroatoms. The van der Waals surface area contributed by atoms with Crippen LogP contribution < -0.4 is 10.1 Å². The Morgan fingerprint density at radius 1 is 1.26 bits per heavy atom. The fourth-order valence-corrected chi connectivity index (χ4v) is 4.16. The summed E-state index contributed by atoms with van der Waals surface area (Å²) in [5, 5.41) is 18.8. The third kappa shape index (κ3) is 5.41. The second kappa shape index (κ2) is 9.33. The molecule has 0 saturated carbocycles. The fraction of sp³-hybridized carbons (Fsp3) is 0.105. The van der Waals surface area contributed by atoms with Crippen molar-refractivity contribution in [3.8, 4) is 11.8 Å². The summed E-state index contributed by atoms with van der Waals surface area (Å²) < 4.78 is 33.5. The number of amides is 1. The maximum Gasteiger partial charge on any atom is 0.379 e. The quantitative estimate of drug-likeness (QED) is 0.185. The molecular formula is C19H14N4O6S2. The van der Waals surface area contributed by atoms with Gasteiger partial charge in [-0.05, 0) is 35.9 Å². The SMILES string of the molecule is CCS(=O)(=O)c1nnc(NC(=O)/C(C#N)=C\c2ccc(OC(=O)c3ccco3)cc2)s1. The van der Waals surface area contributed by atoms with Gasteiger partial charge in [0.2, 0.25) is 25.1 Å². The lowest BCUT2D eigenvalue weighted by Gasteiger charge is -2.03. The zero-order valence-electron chi connectivity index (χ0n) is 15.9. The summed E-state index contributed by atoms with van der Waals surface area (Å²) in [4.78, 5) is 24.2. The van der Waals surface area contributed by atoms with Gasteiger partial charge in [0.25, 0.3) is 5.91 Å². The molecule has 0 bridgehead atoms. The van der Waals surface area contributed by atoms with Gasteiger partial charge in [0.15, 0.2) is 0 Å². The Morgan fingerprint density at radius 3 is 2.61 bits per heavy atom. The number of furan rings is 1. The topological polar surface area (TPSA) is 152 Å². The number of hydrogen-bond donors (Lipinski definition) is 1. The van der Waals surface area contributed by atoms with E-state index >= 15 is 0 Å². The summed E-state index contributed by atoms with van der Waals surface area (Å²) in [5.74, 6) is -1.27. The molecule has 2 aromatic heterocycles. The highest BCUT2D eigenvalue weighted by atomic mass is 32.2. The molecule has 1 amide bonds. The Hall–Kier alpha value is -3.82. The Bertz CT molecular complexity index is 1270. The smallest absolute Gasteiger partial charge is 0.379 e. The monoisotopic (exact) mass is 458 g/mol. The second-order valence-corrected chi connectivity index (χ2v) is 9.27. The zero-order chi connectivity index (χ0) is 22.4. The highest BCUT2D eigenvalue weighted by Gasteiger charge is 2.20. The molecule has 0 aliphatic heterocycles. The molecule has 10 nitrogen and oxygen atoms in total. The van der Waals surface area contributed by atoms with Crippen molar-refractivity contribution in [2.75, 3.05) is 11.1 Å². The Balaban J connectivity index is 1.69. The Morgan fingerprint density at radius 2 is 2.00 bits per heavy atom. The number of nitrogens with one attached hydrogen (secondary N) is 1. The van der Waals surface area contributed by atoms with Crippen molar-refractivity contribution in [2.45, 2.75) is 11.3 Å². The van der Waals surface area contributed by atoms with Crippen molar-refractivity contribution in [2.24, 2.45) is 0 Å². The molecule has 158 valence electrons. The molecule has 2 heterocycles. The number of nitrogens with zero attached hydrogens (tertiary/aromatic N) is 3. The zero-order valence-corrected chi connectivity index (χ0v) is 17.6. The standard InChI is InChI=1S/C19H14N4O6S2/c1-2-31(26,27)19-23-22-18(30-19)21-16(24)13(11-20)10-12-5-7-14(8-6-12)29-17(25)15-4-3-9-28-15/h3-10H,2H2,1H3,(H,21,22,24)/b13-10-. The predicted octanol–water partition coefficient (Wildman–Crippen LogP) is 2.69. The predicted molar refractivity (Wildman–Crippen MR) is 110 cm³/mol. The summed E-state index contributed by atoms with van der Waals surface area (Å²) in [6.07, 6.45) is 2.67. The fourth-order valence-electron chi connectivity index (χ4n) is 2.17. The minimum Gasteiger partial charge on any atom is -0.457 e. The third-order valence-electron chi connectivity index (χ3n) is 3.76. The average molecular weight is 458 g/mol. The minimum atomic E-state index is -3.54. The lowest BCUT2D eigenvalue weighted by Crippen LogP contribution is -2.13. The first-order chi connectivity index (χ1) is 14.8. The van der Waals surface area contributed by atoms with Crippen LogP contribution in [0.2, 0.25) is 0 Å². The highest BCUT2D eigenvalue weighted by molar-refractivity contribution is 7.93. The van der Waals surface area contributed by atoms with Crippen molar-refractivity contribution in [1.82, 2.24) is 10.2 Å². The van der Waals surface area contributed by atoms with Crippen LogP contribution in [-0.4, -0.2) is 36.2 Å². The maximum atomic E-state index is 12.3. The van der Waals surface area contributed by atoms with E-state index in [2.05, 4.69) is 15.5 Å². The van der Waals surface area contributed by atoms with Gasteiger partial charge in [-0.15, -0.1) is 10.2 Å². The largest absolute Gasteiger partial charge is 0.457 e. The number of carbonyl (C=O) groups excluding carboxylic acids is 2. The average Bonchev–Trinajstić information content (AvgIpc) is 3.45. The molecule has 0 fully saturated rings. The van der Waals surface area contributed by atoms with E-state index in [4.69, 9.17) is 9.15 Å². The number of anilines is 1. The van der Waals surface area contributed by atoms with Gasteiger partial charge in [0.05, 0.1) is 12.0 Å². The van der Waals surface area contributed by atoms with Crippen LogP contribution in [0.15, 0.2) is 57.0 Å². The molecule has 1 N–H and O–H groups in total. The van der Waals surface area contributed by atoms with Gasteiger partial charge in [-0.2, -0.15) is 5.26 Å². The van der Waals surface area contributed by atoms with Gasteiger partial charge < -0.3 is 9.15 Å². The van der Waals surface area contributed by atoms with Crippen molar-refractivity contribution in [1.29, 1.82) is 5.26 Å². The molecule has 0 spiro atoms. The summed E-state index contributed by atoms with van der Waals surface area (Å²) in [6.45, 7) is 1.47. The number of ether oxygens (including phenoxy) is 1. The summed E-state index contributed by atoms with van der Waals surface area (Å²) >= 11 is 0.698. The van der Waals surface area contributed by atoms with Gasteiger partial charge in [-0.1, -0.05) is 30.4 Å². The van der Waals surface area contributed by atoms with Gasteiger partial charge in [-0.3, -0.25) is 10.1 Å². The van der Waals surface area contributed by atoms with E-state index < -0.39 is 21.7 Å². The van der Waals surface area contributed by atoms with Crippen LogP contribution in [0.3, 0.4) is 0 Å². The minimum absolute atomic E-state index is 0.0432. The molecule has 3 rings (SSSR count). The Labute approximate surface area is 180 Å². The van der Waals surface area contributed by atoms with Crippen LogP contribution in [0.1, 0.15) is 23.0 Å². The van der Waals surface area contributed by atoms with Crippen molar-refractivity contribution in [3.63, 3.8) is 0 Å². The van der Waals surface area contributed by atoms with Crippen LogP contribution in [0.4, 0.5) is 5.13 Å². The van der Waals surface area contributed by atoms with Gasteiger partial charge in [-0.25, -0.2) is 13.2 Å². The molecule has 0 radical (unpaired) electrons. The van der Waals surface area contributed by atoms with Crippen LogP contribution >= 0.6 is 11.3 Å². The van der Waals surface area contributed by atoms with E-state index in [1.54, 1.807) is 24.3 Å². The van der Waals surface area contributed by atoms with E-state index in [-0.39, 0.29) is 32.3 Å². The van der Waals surface area contributed by atoms with Crippen molar-refractivity contribution >= 4 is 44.3 Å². The number of rotatable bonds is 7. The number of aromatic nitrogens is 2. The number of esters is 1. The highest BCUT2D eigenvalue weighted by Crippen LogP contribution is 2.22. The number of sulfone groups is 1. The number of hydrogen-bond acceptors (Lipinski definition) is 10. The van der Waals surface area contributed by atoms with Crippen LogP contribution in [0.5, 0.6) is 5.75 Å². The van der Waals surface area contributed by atoms with E-state index in [0.29, 0.717) is 16.9 Å². The van der Waals surface area contributed by atoms with Crippen molar-refractivity contribution in [3.05, 3.63) is 59.6 Å². The second-order valence-electron chi connectivity index (χ2n) is 5.84. The van der Waals surface area contributed by atoms with E-state index in [0.717, 1.165) is 0 Å². The van der Waals surface area contributed by atoms with Gasteiger partial charge in [0.1, 0.15) is 17.4 Å². The molecule has 0 unspecified atom stereocenters. The lowest BCUT2D eigenvalue weighted by atomic mass is 10.1. The lowest BCUT2D eigenvalue weighted by molar-refractivity contribution is -0.112. The van der Waals surface area contributed by atoms with Crippen LogP contribution in [-0.2, 0) is 14.6 Å². The molecule has 1 aromatic carbocycles. The van der Waals surface area contributed by atoms with Gasteiger partial charge >= 0.3 is 5.97 Å². The summed E-state index contributed by atoms with van der Waals surface area (Å²) in [6, 6.07) is 10.9. The van der Waals surface area contributed by atoms with Crippen LogP contribution in [0, 0.1) is 11.3 Å². The first-order valence-electron chi connectivity index (χ1n) is 8.67.